The van der Waals surface area contributed by atoms with E-state index in [4.69, 9.17) is 15.7 Å². The van der Waals surface area contributed by atoms with Crippen LogP contribution in [0.5, 0.6) is 5.75 Å². The number of nitriles is 1. The van der Waals surface area contributed by atoms with Crippen molar-refractivity contribution in [3.05, 3.63) is 36.0 Å². The van der Waals surface area contributed by atoms with Crippen molar-refractivity contribution in [1.29, 1.82) is 5.26 Å². The van der Waals surface area contributed by atoms with Crippen molar-refractivity contribution >= 4 is 5.82 Å². The highest BCUT2D eigenvalue weighted by Gasteiger charge is 2.05. The fourth-order valence-corrected chi connectivity index (χ4v) is 1.34. The van der Waals surface area contributed by atoms with Gasteiger partial charge in [0.25, 0.3) is 0 Å². The molecule has 2 aromatic rings. The van der Waals surface area contributed by atoms with Gasteiger partial charge in [-0.3, -0.25) is 0 Å². The molecule has 80 valence electrons. The molecule has 5 nitrogen and oxygen atoms in total. The molecular weight excluding hydrogens is 204 g/mol. The zero-order chi connectivity index (χ0) is 11.5. The van der Waals surface area contributed by atoms with Crippen LogP contribution in [-0.4, -0.2) is 16.9 Å². The fourth-order valence-electron chi connectivity index (χ4n) is 1.34. The van der Waals surface area contributed by atoms with Crippen molar-refractivity contribution in [3.8, 4) is 17.5 Å². The molecule has 0 aliphatic heterocycles. The molecule has 0 radical (unpaired) electrons. The van der Waals surface area contributed by atoms with Gasteiger partial charge in [-0.1, -0.05) is 0 Å². The lowest BCUT2D eigenvalue weighted by atomic mass is 10.3. The molecule has 0 bridgehead atoms. The fraction of sp³-hybridized carbons (Fsp3) is 0.0909. The quantitative estimate of drug-likeness (QED) is 0.818. The van der Waals surface area contributed by atoms with E-state index >= 15 is 0 Å². The molecule has 1 aromatic heterocycles. The lowest BCUT2D eigenvalue weighted by Crippen LogP contribution is -1.96. The van der Waals surface area contributed by atoms with Crippen LogP contribution in [0.1, 0.15) is 5.56 Å². The van der Waals surface area contributed by atoms with Crippen molar-refractivity contribution in [2.45, 2.75) is 0 Å². The van der Waals surface area contributed by atoms with Gasteiger partial charge in [0.1, 0.15) is 17.4 Å². The zero-order valence-electron chi connectivity index (χ0n) is 8.71. The van der Waals surface area contributed by atoms with Crippen LogP contribution in [0.4, 0.5) is 5.82 Å². The maximum absolute atomic E-state index is 8.76. The lowest BCUT2D eigenvalue weighted by Gasteiger charge is -2.02. The predicted molar refractivity (Wildman–Crippen MR) is 59.2 cm³/mol. The van der Waals surface area contributed by atoms with Gasteiger partial charge < -0.3 is 10.5 Å². The maximum atomic E-state index is 8.76. The molecule has 0 saturated carbocycles. The molecule has 0 aliphatic carbocycles. The van der Waals surface area contributed by atoms with Gasteiger partial charge in [0.05, 0.1) is 19.0 Å². The molecule has 2 N–H and O–H groups in total. The largest absolute Gasteiger partial charge is 0.497 e. The molecule has 5 heteroatoms. The van der Waals surface area contributed by atoms with Gasteiger partial charge in [-0.2, -0.15) is 5.26 Å². The van der Waals surface area contributed by atoms with E-state index in [2.05, 4.69) is 5.10 Å². The molecular formula is C11H10N4O. The predicted octanol–water partition coefficient (Wildman–Crippen LogP) is 1.33. The first-order chi connectivity index (χ1) is 7.74. The number of nitrogen functional groups attached to an aromatic ring is 1. The normalized spacial score (nSPS) is 9.75. The van der Waals surface area contributed by atoms with Crippen molar-refractivity contribution in [2.24, 2.45) is 0 Å². The first-order valence-electron chi connectivity index (χ1n) is 4.64. The molecule has 2 rings (SSSR count). The number of anilines is 1. The van der Waals surface area contributed by atoms with Crippen molar-refractivity contribution in [3.63, 3.8) is 0 Å². The summed E-state index contributed by atoms with van der Waals surface area (Å²) in [4.78, 5) is 0. The van der Waals surface area contributed by atoms with Crippen LogP contribution in [0, 0.1) is 11.3 Å². The molecule has 0 atom stereocenters. The Hall–Kier alpha value is -2.48. The number of nitrogens with zero attached hydrogens (tertiary/aromatic N) is 3. The highest BCUT2D eigenvalue weighted by atomic mass is 16.5. The molecule has 0 amide bonds. The van der Waals surface area contributed by atoms with E-state index < -0.39 is 0 Å². The first-order valence-corrected chi connectivity index (χ1v) is 4.64. The average molecular weight is 214 g/mol. The van der Waals surface area contributed by atoms with E-state index in [9.17, 15) is 0 Å². The van der Waals surface area contributed by atoms with Gasteiger partial charge in [0.2, 0.25) is 0 Å². The number of benzene rings is 1. The molecule has 16 heavy (non-hydrogen) atoms. The third-order valence-electron chi connectivity index (χ3n) is 2.20. The molecule has 0 unspecified atom stereocenters. The Labute approximate surface area is 92.7 Å². The van der Waals surface area contributed by atoms with Crippen LogP contribution < -0.4 is 10.5 Å². The smallest absolute Gasteiger partial charge is 0.163 e. The van der Waals surface area contributed by atoms with Gasteiger partial charge in [-0.15, -0.1) is 5.10 Å². The zero-order valence-corrected chi connectivity index (χ0v) is 8.71. The summed E-state index contributed by atoms with van der Waals surface area (Å²) in [5.41, 5.74) is 6.77. The number of hydrogen-bond acceptors (Lipinski definition) is 4. The Morgan fingerprint density at radius 2 is 2.06 bits per heavy atom. The second kappa shape index (κ2) is 3.95. The summed E-state index contributed by atoms with van der Waals surface area (Å²) in [7, 11) is 1.61. The second-order valence-corrected chi connectivity index (χ2v) is 3.18. The molecule has 1 heterocycles. The number of rotatable bonds is 2. The van der Waals surface area contributed by atoms with E-state index in [-0.39, 0.29) is 5.82 Å². The Morgan fingerprint density at radius 1 is 1.38 bits per heavy atom. The highest BCUT2D eigenvalue weighted by molar-refractivity contribution is 5.49. The Bertz CT molecular complexity index is 536. The number of nitrogens with two attached hydrogens (primary N) is 1. The SMILES string of the molecule is COc1ccc(-n2cc(C#N)c(N)n2)cc1. The van der Waals surface area contributed by atoms with Crippen molar-refractivity contribution < 1.29 is 4.74 Å². The topological polar surface area (TPSA) is 76.9 Å². The summed E-state index contributed by atoms with van der Waals surface area (Å²) in [5, 5.41) is 12.8. The first kappa shape index (κ1) is 10.1. The highest BCUT2D eigenvalue weighted by Crippen LogP contribution is 2.16. The number of ether oxygens (including phenoxy) is 1. The third kappa shape index (κ3) is 1.68. The van der Waals surface area contributed by atoms with Crippen molar-refractivity contribution in [2.75, 3.05) is 12.8 Å². The van der Waals surface area contributed by atoms with Crippen molar-refractivity contribution in [1.82, 2.24) is 9.78 Å². The Morgan fingerprint density at radius 3 is 2.56 bits per heavy atom. The van der Waals surface area contributed by atoms with Gasteiger partial charge in [0, 0.05) is 0 Å². The summed E-state index contributed by atoms with van der Waals surface area (Å²) < 4.78 is 6.61. The molecule has 1 aromatic carbocycles. The van der Waals surface area contributed by atoms with Gasteiger partial charge in [-0.05, 0) is 24.3 Å². The van der Waals surface area contributed by atoms with Crippen LogP contribution in [0.2, 0.25) is 0 Å². The Kier molecular flexibility index (Phi) is 2.48. The minimum absolute atomic E-state index is 0.235. The van der Waals surface area contributed by atoms with Crippen LogP contribution in [-0.2, 0) is 0 Å². The summed E-state index contributed by atoms with van der Waals surface area (Å²) in [5.74, 6) is 1.00. The van der Waals surface area contributed by atoms with E-state index in [1.807, 2.05) is 30.3 Å². The summed E-state index contributed by atoms with van der Waals surface area (Å²) in [6, 6.07) is 9.29. The van der Waals surface area contributed by atoms with Crippen LogP contribution in [0.3, 0.4) is 0 Å². The minimum Gasteiger partial charge on any atom is -0.497 e. The van der Waals surface area contributed by atoms with Gasteiger partial charge in [-0.25, -0.2) is 4.68 Å². The van der Waals surface area contributed by atoms with Crippen LogP contribution in [0.15, 0.2) is 30.5 Å². The van der Waals surface area contributed by atoms with Crippen LogP contribution in [0.25, 0.3) is 5.69 Å². The van der Waals surface area contributed by atoms with E-state index in [0.717, 1.165) is 11.4 Å². The molecule has 0 spiro atoms. The molecule has 0 fully saturated rings. The summed E-state index contributed by atoms with van der Waals surface area (Å²) in [6.45, 7) is 0. The second-order valence-electron chi connectivity index (χ2n) is 3.18. The third-order valence-corrected chi connectivity index (χ3v) is 2.20. The van der Waals surface area contributed by atoms with Crippen LogP contribution >= 0.6 is 0 Å². The number of methoxy groups -OCH3 is 1. The van der Waals surface area contributed by atoms with Gasteiger partial charge in [0.15, 0.2) is 5.82 Å². The molecule has 0 aliphatic rings. The van der Waals surface area contributed by atoms with E-state index in [1.165, 1.54) is 0 Å². The number of aromatic nitrogens is 2. The lowest BCUT2D eigenvalue weighted by molar-refractivity contribution is 0.414. The Balaban J connectivity index is 2.39. The molecule has 0 saturated heterocycles. The number of hydrogen-bond donors (Lipinski definition) is 1. The standard InChI is InChI=1S/C11H10N4O/c1-16-10-4-2-9(3-5-10)15-7-8(6-12)11(13)14-15/h2-5,7H,1H3,(H2,13,14). The van der Waals surface area contributed by atoms with E-state index in [1.54, 1.807) is 18.0 Å². The van der Waals surface area contributed by atoms with E-state index in [0.29, 0.717) is 5.56 Å². The monoisotopic (exact) mass is 214 g/mol. The van der Waals surface area contributed by atoms with Gasteiger partial charge >= 0.3 is 0 Å². The summed E-state index contributed by atoms with van der Waals surface area (Å²) in [6.07, 6.45) is 1.59. The average Bonchev–Trinajstić information content (AvgIpc) is 2.71. The summed E-state index contributed by atoms with van der Waals surface area (Å²) >= 11 is 0. The maximum Gasteiger partial charge on any atom is 0.163 e. The minimum atomic E-state index is 0.235.